The number of nitrogens with two attached hydrogens (primary N) is 1. The van der Waals surface area contributed by atoms with Crippen LogP contribution in [0.25, 0.3) is 0 Å². The Morgan fingerprint density at radius 3 is 1.88 bits per heavy atom. The van der Waals surface area contributed by atoms with Crippen molar-refractivity contribution in [2.24, 2.45) is 11.7 Å². The normalized spacial score (nSPS) is 16.2. The molecule has 0 heterocycles. The number of carbonyl (C=O) groups is 2. The first-order valence-electron chi connectivity index (χ1n) is 4.64. The molecule has 8 heteroatoms. The van der Waals surface area contributed by atoms with Crippen molar-refractivity contribution in [3.8, 4) is 0 Å². The van der Waals surface area contributed by atoms with Gasteiger partial charge in [0.25, 0.3) is 0 Å². The fraction of sp³-hybridized carbons (Fsp3) is 0.778. The van der Waals surface area contributed by atoms with E-state index >= 15 is 0 Å². The van der Waals surface area contributed by atoms with Crippen LogP contribution in [0.2, 0.25) is 0 Å². The van der Waals surface area contributed by atoms with Gasteiger partial charge in [-0.05, 0) is 20.8 Å². The van der Waals surface area contributed by atoms with E-state index in [2.05, 4.69) is 4.74 Å². The molecule has 100 valence electrons. The van der Waals surface area contributed by atoms with Crippen molar-refractivity contribution in [2.45, 2.75) is 38.6 Å². The second-order valence-corrected chi connectivity index (χ2v) is 4.42. The van der Waals surface area contributed by atoms with Gasteiger partial charge >= 0.3 is 18.1 Å². The number of aliphatic carboxylic acids is 1. The fourth-order valence-corrected chi connectivity index (χ4v) is 0.992. The van der Waals surface area contributed by atoms with Crippen LogP contribution in [0.3, 0.4) is 0 Å². The Labute approximate surface area is 95.7 Å². The van der Waals surface area contributed by atoms with Crippen molar-refractivity contribution in [3.05, 3.63) is 0 Å². The van der Waals surface area contributed by atoms with Crippen LogP contribution in [0.4, 0.5) is 13.2 Å². The molecule has 0 aliphatic rings. The number of hydrogen-bond donors (Lipinski definition) is 2. The molecule has 17 heavy (non-hydrogen) atoms. The maximum absolute atomic E-state index is 12.5. The summed E-state index contributed by atoms with van der Waals surface area (Å²) in [5.41, 5.74) is 3.69. The highest BCUT2D eigenvalue weighted by molar-refractivity contribution is 5.84. The summed E-state index contributed by atoms with van der Waals surface area (Å²) in [4.78, 5) is 21.7. The number of carboxylic acids is 1. The van der Waals surface area contributed by atoms with Gasteiger partial charge in [-0.15, -0.1) is 0 Å². The largest absolute Gasteiger partial charge is 0.480 e. The SMILES string of the molecule is CC(C)(C)OC(=O)C([C@@H](N)C(=O)O)C(F)(F)F. The predicted octanol–water partition coefficient (Wildman–Crippen LogP) is 0.918. The Balaban J connectivity index is 5.09. The standard InChI is InChI=1S/C9H14F3NO4/c1-8(2,3)17-7(16)4(9(10,11)12)5(13)6(14)15/h4-5H,13H2,1-3H3,(H,14,15)/t4?,5-/m1/s1. The maximum Gasteiger partial charge on any atom is 0.404 e. The van der Waals surface area contributed by atoms with E-state index in [0.717, 1.165) is 0 Å². The van der Waals surface area contributed by atoms with E-state index in [1.807, 2.05) is 0 Å². The molecular formula is C9H14F3NO4. The number of esters is 1. The van der Waals surface area contributed by atoms with E-state index in [1.165, 1.54) is 20.8 Å². The highest BCUT2D eigenvalue weighted by atomic mass is 19.4. The van der Waals surface area contributed by atoms with Gasteiger partial charge in [0.2, 0.25) is 0 Å². The summed E-state index contributed by atoms with van der Waals surface area (Å²) in [7, 11) is 0. The Hall–Kier alpha value is -1.31. The number of ether oxygens (including phenoxy) is 1. The molecule has 0 saturated heterocycles. The first kappa shape index (κ1) is 15.7. The van der Waals surface area contributed by atoms with Gasteiger partial charge in [-0.2, -0.15) is 13.2 Å². The molecule has 5 nitrogen and oxygen atoms in total. The highest BCUT2D eigenvalue weighted by Gasteiger charge is 2.52. The van der Waals surface area contributed by atoms with Gasteiger partial charge in [0, 0.05) is 0 Å². The molecular weight excluding hydrogens is 243 g/mol. The van der Waals surface area contributed by atoms with Crippen molar-refractivity contribution in [3.63, 3.8) is 0 Å². The van der Waals surface area contributed by atoms with E-state index in [-0.39, 0.29) is 0 Å². The zero-order chi connectivity index (χ0) is 14.0. The van der Waals surface area contributed by atoms with Crippen molar-refractivity contribution >= 4 is 11.9 Å². The maximum atomic E-state index is 12.5. The zero-order valence-electron chi connectivity index (χ0n) is 9.54. The Morgan fingerprint density at radius 2 is 1.65 bits per heavy atom. The summed E-state index contributed by atoms with van der Waals surface area (Å²) in [6, 6.07) is -2.38. The van der Waals surface area contributed by atoms with E-state index in [0.29, 0.717) is 0 Å². The van der Waals surface area contributed by atoms with Gasteiger partial charge in [-0.1, -0.05) is 0 Å². The average Bonchev–Trinajstić information content (AvgIpc) is 1.96. The van der Waals surface area contributed by atoms with Gasteiger partial charge in [0.15, 0.2) is 5.92 Å². The number of carbonyl (C=O) groups excluding carboxylic acids is 1. The molecule has 3 N–H and O–H groups in total. The van der Waals surface area contributed by atoms with E-state index < -0.39 is 35.7 Å². The third kappa shape index (κ3) is 5.03. The van der Waals surface area contributed by atoms with Crippen molar-refractivity contribution in [2.75, 3.05) is 0 Å². The van der Waals surface area contributed by atoms with Crippen molar-refractivity contribution < 1.29 is 32.6 Å². The van der Waals surface area contributed by atoms with Crippen LogP contribution >= 0.6 is 0 Å². The third-order valence-electron chi connectivity index (χ3n) is 1.66. The average molecular weight is 257 g/mol. The van der Waals surface area contributed by atoms with Crippen LogP contribution < -0.4 is 5.73 Å². The minimum atomic E-state index is -5.07. The number of hydrogen-bond acceptors (Lipinski definition) is 4. The van der Waals surface area contributed by atoms with E-state index in [9.17, 15) is 22.8 Å². The lowest BCUT2D eigenvalue weighted by molar-refractivity contribution is -0.210. The lowest BCUT2D eigenvalue weighted by atomic mass is 10.00. The van der Waals surface area contributed by atoms with E-state index in [4.69, 9.17) is 10.8 Å². The lowest BCUT2D eigenvalue weighted by Gasteiger charge is -2.26. The summed E-state index contributed by atoms with van der Waals surface area (Å²) < 4.78 is 42.0. The molecule has 0 saturated carbocycles. The summed E-state index contributed by atoms with van der Waals surface area (Å²) in [5, 5.41) is 8.43. The summed E-state index contributed by atoms with van der Waals surface area (Å²) >= 11 is 0. The number of carboxylic acid groups (broad SMARTS) is 1. The van der Waals surface area contributed by atoms with Crippen LogP contribution in [-0.2, 0) is 14.3 Å². The summed E-state index contributed by atoms with van der Waals surface area (Å²) in [5.74, 6) is -6.49. The molecule has 0 aliphatic carbocycles. The summed E-state index contributed by atoms with van der Waals surface area (Å²) in [6.07, 6.45) is -5.07. The third-order valence-corrected chi connectivity index (χ3v) is 1.66. The predicted molar refractivity (Wildman–Crippen MR) is 51.0 cm³/mol. The quantitative estimate of drug-likeness (QED) is 0.734. The minimum absolute atomic E-state index is 1.15. The Morgan fingerprint density at radius 1 is 1.24 bits per heavy atom. The van der Waals surface area contributed by atoms with E-state index in [1.54, 1.807) is 0 Å². The second kappa shape index (κ2) is 4.91. The molecule has 1 unspecified atom stereocenters. The molecule has 0 amide bonds. The van der Waals surface area contributed by atoms with Crippen LogP contribution in [-0.4, -0.2) is 34.9 Å². The van der Waals surface area contributed by atoms with Gasteiger partial charge in [-0.25, -0.2) is 0 Å². The van der Waals surface area contributed by atoms with Gasteiger partial charge in [0.1, 0.15) is 11.6 Å². The lowest BCUT2D eigenvalue weighted by Crippen LogP contribution is -2.51. The number of rotatable bonds is 3. The zero-order valence-corrected chi connectivity index (χ0v) is 9.54. The Bertz CT molecular complexity index is 308. The smallest absolute Gasteiger partial charge is 0.404 e. The topological polar surface area (TPSA) is 89.6 Å². The molecule has 0 spiro atoms. The molecule has 0 fully saturated rings. The monoisotopic (exact) mass is 257 g/mol. The number of halogens is 3. The first-order valence-corrected chi connectivity index (χ1v) is 4.64. The first-order chi connectivity index (χ1) is 7.36. The summed E-state index contributed by atoms with van der Waals surface area (Å²) in [6.45, 7) is 4.10. The molecule has 0 bridgehead atoms. The Kier molecular flexibility index (Phi) is 4.53. The minimum Gasteiger partial charge on any atom is -0.480 e. The van der Waals surface area contributed by atoms with Gasteiger partial charge in [0.05, 0.1) is 0 Å². The fourth-order valence-electron chi connectivity index (χ4n) is 0.992. The van der Waals surface area contributed by atoms with Gasteiger partial charge < -0.3 is 15.6 Å². The van der Waals surface area contributed by atoms with Crippen molar-refractivity contribution in [1.29, 1.82) is 0 Å². The van der Waals surface area contributed by atoms with Crippen LogP contribution in [0.5, 0.6) is 0 Å². The van der Waals surface area contributed by atoms with Gasteiger partial charge in [-0.3, -0.25) is 9.59 Å². The van der Waals surface area contributed by atoms with Crippen LogP contribution in [0.15, 0.2) is 0 Å². The van der Waals surface area contributed by atoms with Crippen LogP contribution in [0.1, 0.15) is 20.8 Å². The van der Waals surface area contributed by atoms with Crippen LogP contribution in [0, 0.1) is 5.92 Å². The molecule has 0 rings (SSSR count). The molecule has 0 aromatic carbocycles. The molecule has 0 aliphatic heterocycles. The van der Waals surface area contributed by atoms with Crippen molar-refractivity contribution in [1.82, 2.24) is 0 Å². The molecule has 0 radical (unpaired) electrons. The molecule has 2 atom stereocenters. The second-order valence-electron chi connectivity index (χ2n) is 4.42. The number of alkyl halides is 3. The molecule has 0 aromatic heterocycles. The molecule has 0 aromatic rings. The highest BCUT2D eigenvalue weighted by Crippen LogP contribution is 2.30.